The first-order chi connectivity index (χ1) is 14.9. The average Bonchev–Trinajstić information content (AvgIpc) is 2.75. The van der Waals surface area contributed by atoms with Crippen molar-refractivity contribution in [2.24, 2.45) is 5.10 Å². The molecule has 0 radical (unpaired) electrons. The van der Waals surface area contributed by atoms with Crippen LogP contribution in [0.5, 0.6) is 11.5 Å². The van der Waals surface area contributed by atoms with Crippen molar-refractivity contribution >= 4 is 66.6 Å². The van der Waals surface area contributed by atoms with Crippen LogP contribution in [0.2, 0.25) is 0 Å². The number of amides is 1. The Kier molecular flexibility index (Phi) is 8.91. The molecule has 0 atom stereocenters. The number of nitrogens with one attached hydrogen (secondary N) is 1. The molecule has 1 N–H and O–H groups in total. The highest BCUT2D eigenvalue weighted by Gasteiger charge is 2.12. The molecule has 1 amide bonds. The summed E-state index contributed by atoms with van der Waals surface area (Å²) < 4.78 is 14.4. The molecule has 0 saturated heterocycles. The average molecular weight is 658 g/mol. The van der Waals surface area contributed by atoms with Gasteiger partial charge in [-0.3, -0.25) is 4.79 Å². The summed E-state index contributed by atoms with van der Waals surface area (Å²) in [6.07, 6.45) is 1.84. The minimum Gasteiger partial charge on any atom is -0.493 e. The van der Waals surface area contributed by atoms with Gasteiger partial charge in [-0.15, -0.1) is 0 Å². The Labute approximate surface area is 211 Å². The van der Waals surface area contributed by atoms with Crippen LogP contribution in [0.15, 0.2) is 74.7 Å². The van der Waals surface area contributed by atoms with Crippen LogP contribution in [0.4, 0.5) is 0 Å². The van der Waals surface area contributed by atoms with Gasteiger partial charge in [-0.25, -0.2) is 5.43 Å². The van der Waals surface area contributed by atoms with Crippen LogP contribution in [-0.2, 0) is 17.8 Å². The molecule has 0 spiro atoms. The zero-order valence-corrected chi connectivity index (χ0v) is 21.9. The second kappa shape index (κ2) is 11.6. The maximum absolute atomic E-state index is 12.1. The molecule has 0 aliphatic carbocycles. The van der Waals surface area contributed by atoms with E-state index in [-0.39, 0.29) is 12.3 Å². The number of benzene rings is 3. The van der Waals surface area contributed by atoms with Crippen LogP contribution in [-0.4, -0.2) is 19.2 Å². The van der Waals surface area contributed by atoms with E-state index in [9.17, 15) is 4.79 Å². The first-order valence-electron chi connectivity index (χ1n) is 9.25. The molecule has 0 heterocycles. The number of halogens is 3. The molecule has 3 aromatic rings. The van der Waals surface area contributed by atoms with Crippen molar-refractivity contribution in [3.8, 4) is 11.5 Å². The van der Waals surface area contributed by atoms with Crippen molar-refractivity contribution in [1.82, 2.24) is 5.43 Å². The van der Waals surface area contributed by atoms with Crippen LogP contribution in [0.1, 0.15) is 16.7 Å². The van der Waals surface area contributed by atoms with Crippen LogP contribution < -0.4 is 14.9 Å². The number of hydrogen-bond acceptors (Lipinski definition) is 4. The first-order valence-corrected chi connectivity index (χ1v) is 11.9. The second-order valence-electron chi connectivity index (χ2n) is 6.55. The normalized spacial score (nSPS) is 10.8. The lowest BCUT2D eigenvalue weighted by Gasteiger charge is -2.13. The summed E-state index contributed by atoms with van der Waals surface area (Å²) in [6.45, 7) is 0.430. The number of carbonyl (C=O) groups is 1. The SMILES string of the molecule is COc1cc(/C=N/NC(=O)Cc2ccc(Br)cc2)cc(I)c1OCc1ccc(Br)cc1. The van der Waals surface area contributed by atoms with Crippen LogP contribution in [0, 0.1) is 3.57 Å². The molecule has 0 aliphatic rings. The molecule has 0 unspecified atom stereocenters. The van der Waals surface area contributed by atoms with Crippen molar-refractivity contribution in [2.45, 2.75) is 13.0 Å². The van der Waals surface area contributed by atoms with E-state index in [1.165, 1.54) is 0 Å². The minimum absolute atomic E-state index is 0.185. The molecule has 0 saturated carbocycles. The quantitative estimate of drug-likeness (QED) is 0.181. The number of rotatable bonds is 8. The summed E-state index contributed by atoms with van der Waals surface area (Å²) in [7, 11) is 1.60. The smallest absolute Gasteiger partial charge is 0.244 e. The van der Waals surface area contributed by atoms with Gasteiger partial charge in [0.2, 0.25) is 5.91 Å². The molecule has 3 rings (SSSR count). The Morgan fingerprint density at radius 3 is 2.26 bits per heavy atom. The van der Waals surface area contributed by atoms with Crippen LogP contribution in [0.3, 0.4) is 0 Å². The predicted molar refractivity (Wildman–Crippen MR) is 138 cm³/mol. The van der Waals surface area contributed by atoms with E-state index >= 15 is 0 Å². The van der Waals surface area contributed by atoms with Crippen molar-refractivity contribution in [1.29, 1.82) is 0 Å². The van der Waals surface area contributed by atoms with E-state index < -0.39 is 0 Å². The highest BCUT2D eigenvalue weighted by Crippen LogP contribution is 2.34. The van der Waals surface area contributed by atoms with E-state index in [4.69, 9.17) is 9.47 Å². The van der Waals surface area contributed by atoms with Crippen molar-refractivity contribution in [3.63, 3.8) is 0 Å². The number of methoxy groups -OCH3 is 1. The third-order valence-corrected chi connectivity index (χ3v) is 6.09. The van der Waals surface area contributed by atoms with Gasteiger partial charge in [0.15, 0.2) is 11.5 Å². The maximum Gasteiger partial charge on any atom is 0.244 e. The Balaban J connectivity index is 1.62. The Morgan fingerprint density at radius 1 is 1.03 bits per heavy atom. The molecule has 0 fully saturated rings. The summed E-state index contributed by atoms with van der Waals surface area (Å²) in [4.78, 5) is 12.1. The maximum atomic E-state index is 12.1. The highest BCUT2D eigenvalue weighted by atomic mass is 127. The Hall–Kier alpha value is -1.91. The Bertz CT molecular complexity index is 1070. The van der Waals surface area contributed by atoms with Gasteiger partial charge < -0.3 is 9.47 Å². The zero-order chi connectivity index (χ0) is 22.2. The van der Waals surface area contributed by atoms with Crippen molar-refractivity contribution < 1.29 is 14.3 Å². The standard InChI is InChI=1S/C23H19Br2IN2O3/c1-30-21-11-17(13-27-28-22(29)12-15-2-6-18(24)7-3-15)10-20(26)23(21)31-14-16-4-8-19(25)9-5-16/h2-11,13H,12,14H2,1H3,(H,28,29)/b27-13+. The van der Waals surface area contributed by atoms with Crippen LogP contribution >= 0.6 is 54.5 Å². The van der Waals surface area contributed by atoms with Gasteiger partial charge >= 0.3 is 0 Å². The molecule has 0 bridgehead atoms. The predicted octanol–water partition coefficient (Wildman–Crippen LogP) is 6.10. The van der Waals surface area contributed by atoms with E-state index in [2.05, 4.69) is 65.0 Å². The molecular formula is C23H19Br2IN2O3. The van der Waals surface area contributed by atoms with E-state index in [1.807, 2.05) is 60.7 Å². The van der Waals surface area contributed by atoms with Gasteiger partial charge in [-0.05, 0) is 75.7 Å². The fraction of sp³-hybridized carbons (Fsp3) is 0.130. The van der Waals surface area contributed by atoms with Gasteiger partial charge in [-0.2, -0.15) is 5.10 Å². The molecule has 5 nitrogen and oxygen atoms in total. The van der Waals surface area contributed by atoms with Gasteiger partial charge in [0.1, 0.15) is 6.61 Å². The first kappa shape index (κ1) is 23.7. The molecule has 0 aromatic heterocycles. The fourth-order valence-electron chi connectivity index (χ4n) is 2.70. The molecule has 0 aliphatic heterocycles. The van der Waals surface area contributed by atoms with Crippen molar-refractivity contribution in [2.75, 3.05) is 7.11 Å². The number of hydrogen-bond donors (Lipinski definition) is 1. The van der Waals surface area contributed by atoms with Crippen LogP contribution in [0.25, 0.3) is 0 Å². The lowest BCUT2D eigenvalue weighted by Crippen LogP contribution is -2.19. The summed E-state index contributed by atoms with van der Waals surface area (Å²) >= 11 is 9.01. The molecule has 8 heteroatoms. The van der Waals surface area contributed by atoms with Gasteiger partial charge in [0, 0.05) is 8.95 Å². The van der Waals surface area contributed by atoms with Gasteiger partial charge in [-0.1, -0.05) is 56.1 Å². The number of carbonyl (C=O) groups excluding carboxylic acids is 1. The number of hydrazone groups is 1. The minimum atomic E-state index is -0.185. The van der Waals surface area contributed by atoms with E-state index in [1.54, 1.807) is 13.3 Å². The van der Waals surface area contributed by atoms with E-state index in [0.29, 0.717) is 18.1 Å². The summed E-state index contributed by atoms with van der Waals surface area (Å²) in [5.41, 5.74) is 5.32. The molecule has 31 heavy (non-hydrogen) atoms. The topological polar surface area (TPSA) is 59.9 Å². The van der Waals surface area contributed by atoms with Gasteiger partial charge in [0.05, 0.1) is 23.3 Å². The highest BCUT2D eigenvalue weighted by molar-refractivity contribution is 14.1. The number of nitrogens with zero attached hydrogens (tertiary/aromatic N) is 1. The largest absolute Gasteiger partial charge is 0.493 e. The summed E-state index contributed by atoms with van der Waals surface area (Å²) in [5, 5.41) is 4.07. The monoisotopic (exact) mass is 656 g/mol. The fourth-order valence-corrected chi connectivity index (χ4v) is 4.01. The van der Waals surface area contributed by atoms with E-state index in [0.717, 1.165) is 29.2 Å². The summed E-state index contributed by atoms with van der Waals surface area (Å²) in [5.74, 6) is 1.09. The molecule has 160 valence electrons. The zero-order valence-electron chi connectivity index (χ0n) is 16.6. The second-order valence-corrected chi connectivity index (χ2v) is 9.54. The molecular weight excluding hydrogens is 639 g/mol. The van der Waals surface area contributed by atoms with Gasteiger partial charge in [0.25, 0.3) is 0 Å². The lowest BCUT2D eigenvalue weighted by atomic mass is 10.1. The third kappa shape index (κ3) is 7.33. The molecule has 3 aromatic carbocycles. The lowest BCUT2D eigenvalue weighted by molar-refractivity contribution is -0.120. The Morgan fingerprint density at radius 2 is 1.65 bits per heavy atom. The third-order valence-electron chi connectivity index (χ3n) is 4.23. The number of ether oxygens (including phenoxy) is 2. The van der Waals surface area contributed by atoms with Crippen molar-refractivity contribution in [3.05, 3.63) is 89.9 Å². The summed E-state index contributed by atoms with van der Waals surface area (Å²) in [6, 6.07) is 19.3.